The topological polar surface area (TPSA) is 0 Å². The summed E-state index contributed by atoms with van der Waals surface area (Å²) in [6, 6.07) is 0. The molecule has 16 unspecified atom stereocenters. The molecule has 0 aromatic heterocycles. The van der Waals surface area contributed by atoms with Gasteiger partial charge in [0.15, 0.2) is 0 Å². The van der Waals surface area contributed by atoms with Crippen molar-refractivity contribution < 1.29 is 0 Å². The Balaban J connectivity index is 1.40. The van der Waals surface area contributed by atoms with Gasteiger partial charge < -0.3 is 0 Å². The van der Waals surface area contributed by atoms with Crippen LogP contribution < -0.4 is 0 Å². The van der Waals surface area contributed by atoms with Crippen LogP contribution in [0.25, 0.3) is 0 Å². The van der Waals surface area contributed by atoms with Crippen LogP contribution in [0.15, 0.2) is 0 Å². The second kappa shape index (κ2) is 8.59. The molecule has 0 aliphatic heterocycles. The SMILES string of the molecule is CC1CC2C(CC(C)C(C)C(C)C(C)C(C)C(C)C(C)C1C)C1C3C4CCCCC4C3C21. The molecule has 0 aromatic rings. The van der Waals surface area contributed by atoms with Gasteiger partial charge in [-0.2, -0.15) is 0 Å². The van der Waals surface area contributed by atoms with Gasteiger partial charge in [0.25, 0.3) is 0 Å². The van der Waals surface area contributed by atoms with E-state index in [-0.39, 0.29) is 0 Å². The van der Waals surface area contributed by atoms with Gasteiger partial charge in [-0.05, 0) is 126 Å². The minimum atomic E-state index is 0.830. The van der Waals surface area contributed by atoms with Crippen molar-refractivity contribution in [1.82, 2.24) is 0 Å². The Morgan fingerprint density at radius 2 is 0.625 bits per heavy atom. The van der Waals surface area contributed by atoms with Crippen molar-refractivity contribution >= 4 is 0 Å². The highest BCUT2D eigenvalue weighted by Crippen LogP contribution is 2.79. The van der Waals surface area contributed by atoms with Gasteiger partial charge in [0.1, 0.15) is 0 Å². The van der Waals surface area contributed by atoms with Crippen molar-refractivity contribution in [3.63, 3.8) is 0 Å². The van der Waals surface area contributed by atoms with E-state index in [0.717, 1.165) is 88.8 Å². The maximum absolute atomic E-state index is 2.64. The fourth-order valence-corrected chi connectivity index (χ4v) is 11.0. The largest absolute Gasteiger partial charge is 0.0622 e. The summed E-state index contributed by atoms with van der Waals surface area (Å²) in [7, 11) is 0. The highest BCUT2D eigenvalue weighted by atomic mass is 14.8. The summed E-state index contributed by atoms with van der Waals surface area (Å²) < 4.78 is 0. The van der Waals surface area contributed by atoms with E-state index in [1.165, 1.54) is 11.8 Å². The Kier molecular flexibility index (Phi) is 6.37. The van der Waals surface area contributed by atoms with Crippen molar-refractivity contribution in [1.29, 1.82) is 0 Å². The molecular weight excluding hydrogens is 384 g/mol. The molecule has 0 aromatic carbocycles. The van der Waals surface area contributed by atoms with E-state index in [1.54, 1.807) is 38.5 Å². The molecule has 5 aliphatic carbocycles. The summed E-state index contributed by atoms with van der Waals surface area (Å²) in [6.45, 7) is 23.5. The van der Waals surface area contributed by atoms with Crippen LogP contribution in [-0.4, -0.2) is 0 Å². The second-order valence-electron chi connectivity index (χ2n) is 14.7. The van der Waals surface area contributed by atoms with E-state index in [4.69, 9.17) is 0 Å². The van der Waals surface area contributed by atoms with Gasteiger partial charge in [-0.25, -0.2) is 0 Å². The molecule has 5 fully saturated rings. The molecule has 32 heavy (non-hydrogen) atoms. The summed E-state index contributed by atoms with van der Waals surface area (Å²) in [5.41, 5.74) is 0. The summed E-state index contributed by atoms with van der Waals surface area (Å²) in [4.78, 5) is 0. The Bertz CT molecular complexity index is 609. The highest BCUT2D eigenvalue weighted by molar-refractivity contribution is 5.21. The molecule has 0 N–H and O–H groups in total. The van der Waals surface area contributed by atoms with Gasteiger partial charge in [-0.1, -0.05) is 75.2 Å². The monoisotopic (exact) mass is 440 g/mol. The first-order chi connectivity index (χ1) is 15.1. The molecule has 0 heterocycles. The van der Waals surface area contributed by atoms with Crippen molar-refractivity contribution in [3.05, 3.63) is 0 Å². The van der Waals surface area contributed by atoms with Gasteiger partial charge in [0.2, 0.25) is 0 Å². The van der Waals surface area contributed by atoms with Crippen LogP contribution in [0.4, 0.5) is 0 Å². The average molecular weight is 441 g/mol. The molecule has 0 bridgehead atoms. The van der Waals surface area contributed by atoms with E-state index < -0.39 is 0 Å². The lowest BCUT2D eigenvalue weighted by atomic mass is 9.25. The highest BCUT2D eigenvalue weighted by Gasteiger charge is 2.74. The fourth-order valence-electron chi connectivity index (χ4n) is 11.0. The minimum Gasteiger partial charge on any atom is -0.0622 e. The summed E-state index contributed by atoms with van der Waals surface area (Å²) >= 11 is 0. The maximum Gasteiger partial charge on any atom is -0.0315 e. The number of rotatable bonds is 0. The lowest BCUT2D eigenvalue weighted by Crippen LogP contribution is -2.75. The van der Waals surface area contributed by atoms with Gasteiger partial charge >= 0.3 is 0 Å². The molecular formula is C32H56. The summed E-state index contributed by atoms with van der Waals surface area (Å²) in [5, 5.41) is 0. The van der Waals surface area contributed by atoms with Crippen LogP contribution in [0.2, 0.25) is 0 Å². The third-order valence-electron chi connectivity index (χ3n) is 14.2. The third kappa shape index (κ3) is 3.33. The lowest BCUT2D eigenvalue weighted by molar-refractivity contribution is -0.323. The lowest BCUT2D eigenvalue weighted by Gasteiger charge is -2.80. The smallest absolute Gasteiger partial charge is 0.0315 e. The average Bonchev–Trinajstić information content (AvgIpc) is 2.78. The number of hydrogen-bond donors (Lipinski definition) is 0. The molecule has 0 radical (unpaired) electrons. The zero-order valence-corrected chi connectivity index (χ0v) is 23.1. The molecule has 0 spiro atoms. The zero-order valence-electron chi connectivity index (χ0n) is 23.1. The minimum absolute atomic E-state index is 0.830. The standard InChI is InChI=1S/C32H56/c1-16-14-27-28(32-30-26-13-11-10-12-25(26)29(30)31(27)32)15-17(2)19(4)21(6)23(8)24(9)22(7)20(5)18(16)3/h16-32H,10-15H2,1-9H3. The normalized spacial score (nSPS) is 62.7. The molecule has 5 rings (SSSR count). The van der Waals surface area contributed by atoms with Crippen molar-refractivity contribution in [2.45, 2.75) is 101 Å². The van der Waals surface area contributed by atoms with Crippen molar-refractivity contribution in [3.8, 4) is 0 Å². The van der Waals surface area contributed by atoms with E-state index in [9.17, 15) is 0 Å². The van der Waals surface area contributed by atoms with E-state index in [2.05, 4.69) is 62.3 Å². The quantitative estimate of drug-likeness (QED) is 0.329. The Hall–Kier alpha value is 0. The van der Waals surface area contributed by atoms with E-state index in [0.29, 0.717) is 0 Å². The molecule has 0 heteroatoms. The predicted molar refractivity (Wildman–Crippen MR) is 138 cm³/mol. The molecule has 5 aliphatic rings. The Labute approximate surface area is 201 Å². The molecule has 16 atom stereocenters. The van der Waals surface area contributed by atoms with E-state index >= 15 is 0 Å². The van der Waals surface area contributed by atoms with Gasteiger partial charge in [0.05, 0.1) is 0 Å². The molecule has 184 valence electrons. The first-order valence-electron chi connectivity index (χ1n) is 15.1. The zero-order chi connectivity index (χ0) is 23.1. The van der Waals surface area contributed by atoms with Crippen molar-refractivity contribution in [2.24, 2.45) is 101 Å². The third-order valence-corrected chi connectivity index (χ3v) is 14.2. The van der Waals surface area contributed by atoms with Crippen LogP contribution in [0.1, 0.15) is 101 Å². The summed E-state index contributed by atoms with van der Waals surface area (Å²) in [6.07, 6.45) is 9.36. The first-order valence-corrected chi connectivity index (χ1v) is 15.1. The Morgan fingerprint density at radius 1 is 0.344 bits per heavy atom. The van der Waals surface area contributed by atoms with Crippen LogP contribution >= 0.6 is 0 Å². The summed E-state index contributed by atoms with van der Waals surface area (Å²) in [5.74, 6) is 16.8. The fraction of sp³-hybridized carbons (Fsp3) is 1.00. The molecule has 0 amide bonds. The van der Waals surface area contributed by atoms with Gasteiger partial charge in [0, 0.05) is 0 Å². The molecule has 5 saturated carbocycles. The predicted octanol–water partition coefficient (Wildman–Crippen LogP) is 9.05. The Morgan fingerprint density at radius 3 is 0.969 bits per heavy atom. The van der Waals surface area contributed by atoms with Crippen LogP contribution in [0.5, 0.6) is 0 Å². The van der Waals surface area contributed by atoms with Crippen LogP contribution in [0, 0.1) is 101 Å². The second-order valence-corrected chi connectivity index (χ2v) is 14.7. The molecule has 0 nitrogen and oxygen atoms in total. The number of fused-ring (bicyclic) bond motifs is 10. The van der Waals surface area contributed by atoms with Crippen molar-refractivity contribution in [2.75, 3.05) is 0 Å². The van der Waals surface area contributed by atoms with E-state index in [1.807, 2.05) is 0 Å². The van der Waals surface area contributed by atoms with Gasteiger partial charge in [-0.15, -0.1) is 0 Å². The first kappa shape index (κ1) is 23.7. The molecule has 0 saturated heterocycles. The number of hydrogen-bond acceptors (Lipinski definition) is 0. The van der Waals surface area contributed by atoms with Crippen LogP contribution in [0.3, 0.4) is 0 Å². The van der Waals surface area contributed by atoms with Gasteiger partial charge in [-0.3, -0.25) is 0 Å². The van der Waals surface area contributed by atoms with Crippen LogP contribution in [-0.2, 0) is 0 Å². The maximum atomic E-state index is 2.64.